The SMILES string of the molecule is C[C@@H]1C[C@H](C)CN(C(=O)CNC2CC2)C1. The lowest BCUT2D eigenvalue weighted by atomic mass is 9.92. The summed E-state index contributed by atoms with van der Waals surface area (Å²) in [4.78, 5) is 13.9. The third kappa shape index (κ3) is 3.20. The molecule has 1 amide bonds. The number of amides is 1. The number of hydrogen-bond donors (Lipinski definition) is 1. The van der Waals surface area contributed by atoms with Gasteiger partial charge < -0.3 is 10.2 Å². The Morgan fingerprint density at radius 2 is 1.87 bits per heavy atom. The Labute approximate surface area is 92.2 Å². The first-order valence-electron chi connectivity index (χ1n) is 6.16. The fourth-order valence-electron chi connectivity index (χ4n) is 2.50. The minimum atomic E-state index is 0.292. The van der Waals surface area contributed by atoms with E-state index in [-0.39, 0.29) is 0 Å². The van der Waals surface area contributed by atoms with Gasteiger partial charge in [0.05, 0.1) is 6.54 Å². The molecule has 0 radical (unpaired) electrons. The molecule has 1 aliphatic heterocycles. The molecule has 2 atom stereocenters. The Kier molecular flexibility index (Phi) is 3.29. The lowest BCUT2D eigenvalue weighted by Crippen LogP contribution is -2.46. The smallest absolute Gasteiger partial charge is 0.236 e. The average Bonchev–Trinajstić information content (AvgIpc) is 2.96. The first-order valence-corrected chi connectivity index (χ1v) is 6.16. The number of nitrogens with zero attached hydrogens (tertiary/aromatic N) is 1. The zero-order chi connectivity index (χ0) is 10.8. The van der Waals surface area contributed by atoms with Crippen molar-refractivity contribution in [3.63, 3.8) is 0 Å². The molecule has 1 saturated heterocycles. The normalized spacial score (nSPS) is 31.7. The molecule has 2 fully saturated rings. The van der Waals surface area contributed by atoms with Crippen molar-refractivity contribution in [2.45, 2.75) is 39.2 Å². The Morgan fingerprint density at radius 1 is 1.27 bits per heavy atom. The zero-order valence-electron chi connectivity index (χ0n) is 9.83. The maximum Gasteiger partial charge on any atom is 0.236 e. The highest BCUT2D eigenvalue weighted by atomic mass is 16.2. The van der Waals surface area contributed by atoms with E-state index in [1.807, 2.05) is 4.90 Å². The lowest BCUT2D eigenvalue weighted by molar-refractivity contribution is -0.132. The quantitative estimate of drug-likeness (QED) is 0.760. The number of nitrogens with one attached hydrogen (secondary N) is 1. The number of piperidine rings is 1. The molecule has 1 aliphatic carbocycles. The summed E-state index contributed by atoms with van der Waals surface area (Å²) in [5.74, 6) is 1.62. The summed E-state index contributed by atoms with van der Waals surface area (Å²) in [5, 5.41) is 3.29. The largest absolute Gasteiger partial charge is 0.341 e. The van der Waals surface area contributed by atoms with Crippen LogP contribution in [0.1, 0.15) is 33.1 Å². The predicted molar refractivity (Wildman–Crippen MR) is 60.5 cm³/mol. The Hall–Kier alpha value is -0.570. The van der Waals surface area contributed by atoms with Gasteiger partial charge in [-0.3, -0.25) is 4.79 Å². The summed E-state index contributed by atoms with van der Waals surface area (Å²) in [6.45, 7) is 6.93. The maximum atomic E-state index is 11.9. The van der Waals surface area contributed by atoms with Gasteiger partial charge in [0.15, 0.2) is 0 Å². The molecule has 1 saturated carbocycles. The van der Waals surface area contributed by atoms with Gasteiger partial charge in [-0.05, 0) is 31.1 Å². The van der Waals surface area contributed by atoms with Crippen LogP contribution in [0.2, 0.25) is 0 Å². The molecule has 0 aromatic heterocycles. The topological polar surface area (TPSA) is 32.3 Å². The molecule has 1 N–H and O–H groups in total. The van der Waals surface area contributed by atoms with Crippen LogP contribution in [0.3, 0.4) is 0 Å². The van der Waals surface area contributed by atoms with Crippen LogP contribution in [-0.2, 0) is 4.79 Å². The van der Waals surface area contributed by atoms with Gasteiger partial charge in [-0.1, -0.05) is 13.8 Å². The van der Waals surface area contributed by atoms with E-state index >= 15 is 0 Å². The molecule has 0 spiro atoms. The molecule has 0 bridgehead atoms. The average molecular weight is 210 g/mol. The summed E-state index contributed by atoms with van der Waals surface area (Å²) in [7, 11) is 0. The van der Waals surface area contributed by atoms with Crippen LogP contribution in [-0.4, -0.2) is 36.5 Å². The monoisotopic (exact) mass is 210 g/mol. The number of rotatable bonds is 3. The van der Waals surface area contributed by atoms with Crippen LogP contribution in [0.4, 0.5) is 0 Å². The molecule has 3 heteroatoms. The van der Waals surface area contributed by atoms with Crippen LogP contribution < -0.4 is 5.32 Å². The number of carbonyl (C=O) groups excluding carboxylic acids is 1. The predicted octanol–water partition coefficient (Wildman–Crippen LogP) is 1.24. The summed E-state index contributed by atoms with van der Waals surface area (Å²) in [5.41, 5.74) is 0. The molecular weight excluding hydrogens is 188 g/mol. The molecule has 2 rings (SSSR count). The van der Waals surface area contributed by atoms with Crippen LogP contribution in [0.15, 0.2) is 0 Å². The second-order valence-electron chi connectivity index (χ2n) is 5.40. The summed E-state index contributed by atoms with van der Waals surface area (Å²) in [6.07, 6.45) is 3.76. The molecule has 1 heterocycles. The van der Waals surface area contributed by atoms with Crippen molar-refractivity contribution in [1.82, 2.24) is 10.2 Å². The second-order valence-corrected chi connectivity index (χ2v) is 5.40. The highest BCUT2D eigenvalue weighted by Crippen LogP contribution is 2.21. The molecule has 0 unspecified atom stereocenters. The molecule has 3 nitrogen and oxygen atoms in total. The zero-order valence-corrected chi connectivity index (χ0v) is 9.83. The highest BCUT2D eigenvalue weighted by Gasteiger charge is 2.27. The summed E-state index contributed by atoms with van der Waals surface area (Å²) in [6, 6.07) is 0.633. The van der Waals surface area contributed by atoms with E-state index in [1.54, 1.807) is 0 Å². The van der Waals surface area contributed by atoms with Gasteiger partial charge in [0, 0.05) is 19.1 Å². The van der Waals surface area contributed by atoms with Crippen molar-refractivity contribution >= 4 is 5.91 Å². The van der Waals surface area contributed by atoms with E-state index in [0.717, 1.165) is 13.1 Å². The minimum Gasteiger partial charge on any atom is -0.341 e. The fourth-order valence-corrected chi connectivity index (χ4v) is 2.50. The standard InChI is InChI=1S/C12H22N2O/c1-9-5-10(2)8-14(7-9)12(15)6-13-11-3-4-11/h9-11,13H,3-8H2,1-2H3/t9-,10+. The molecular formula is C12H22N2O. The van der Waals surface area contributed by atoms with Crippen LogP contribution >= 0.6 is 0 Å². The van der Waals surface area contributed by atoms with Crippen molar-refractivity contribution in [2.75, 3.05) is 19.6 Å². The Bertz CT molecular complexity index is 228. The van der Waals surface area contributed by atoms with E-state index in [1.165, 1.54) is 19.3 Å². The van der Waals surface area contributed by atoms with Gasteiger partial charge in [-0.15, -0.1) is 0 Å². The van der Waals surface area contributed by atoms with Gasteiger partial charge in [0.25, 0.3) is 0 Å². The van der Waals surface area contributed by atoms with E-state index in [9.17, 15) is 4.79 Å². The second kappa shape index (κ2) is 4.52. The Balaban J connectivity index is 1.77. The number of carbonyl (C=O) groups is 1. The summed E-state index contributed by atoms with van der Waals surface area (Å²) < 4.78 is 0. The fraction of sp³-hybridized carbons (Fsp3) is 0.917. The van der Waals surface area contributed by atoms with Gasteiger partial charge in [-0.25, -0.2) is 0 Å². The third-order valence-corrected chi connectivity index (χ3v) is 3.34. The van der Waals surface area contributed by atoms with Crippen molar-refractivity contribution in [1.29, 1.82) is 0 Å². The van der Waals surface area contributed by atoms with E-state index in [4.69, 9.17) is 0 Å². The molecule has 2 aliphatic rings. The van der Waals surface area contributed by atoms with Crippen molar-refractivity contribution in [3.8, 4) is 0 Å². The van der Waals surface area contributed by atoms with Crippen molar-refractivity contribution in [3.05, 3.63) is 0 Å². The van der Waals surface area contributed by atoms with Crippen molar-refractivity contribution in [2.24, 2.45) is 11.8 Å². The van der Waals surface area contributed by atoms with Crippen LogP contribution in [0.25, 0.3) is 0 Å². The number of likely N-dealkylation sites (tertiary alicyclic amines) is 1. The van der Waals surface area contributed by atoms with Crippen molar-refractivity contribution < 1.29 is 4.79 Å². The minimum absolute atomic E-state index is 0.292. The highest BCUT2D eigenvalue weighted by molar-refractivity contribution is 5.78. The van der Waals surface area contributed by atoms with Gasteiger partial charge in [0.1, 0.15) is 0 Å². The van der Waals surface area contributed by atoms with Crippen LogP contribution in [0.5, 0.6) is 0 Å². The molecule has 15 heavy (non-hydrogen) atoms. The van der Waals surface area contributed by atoms with Gasteiger partial charge in [0.2, 0.25) is 5.91 Å². The molecule has 86 valence electrons. The molecule has 0 aromatic carbocycles. The Morgan fingerprint density at radius 3 is 2.40 bits per heavy atom. The maximum absolute atomic E-state index is 11.9. The summed E-state index contributed by atoms with van der Waals surface area (Å²) >= 11 is 0. The van der Waals surface area contributed by atoms with E-state index < -0.39 is 0 Å². The lowest BCUT2D eigenvalue weighted by Gasteiger charge is -2.35. The molecule has 0 aromatic rings. The third-order valence-electron chi connectivity index (χ3n) is 3.34. The first kappa shape index (κ1) is 10.9. The first-order chi connectivity index (χ1) is 7.15. The van der Waals surface area contributed by atoms with Crippen LogP contribution in [0, 0.1) is 11.8 Å². The van der Waals surface area contributed by atoms with Gasteiger partial charge in [-0.2, -0.15) is 0 Å². The van der Waals surface area contributed by atoms with E-state index in [0.29, 0.717) is 30.3 Å². The number of hydrogen-bond acceptors (Lipinski definition) is 2. The van der Waals surface area contributed by atoms with Gasteiger partial charge >= 0.3 is 0 Å². The van der Waals surface area contributed by atoms with E-state index in [2.05, 4.69) is 19.2 Å².